The van der Waals surface area contributed by atoms with E-state index >= 15 is 0 Å². The van der Waals surface area contributed by atoms with E-state index in [9.17, 15) is 8.42 Å². The van der Waals surface area contributed by atoms with E-state index < -0.39 is 9.84 Å². The van der Waals surface area contributed by atoms with Crippen LogP contribution in [-0.4, -0.2) is 46.2 Å². The zero-order valence-electron chi connectivity index (χ0n) is 15.6. The number of rotatable bonds is 6. The lowest BCUT2D eigenvalue weighted by Crippen LogP contribution is -2.22. The zero-order chi connectivity index (χ0) is 18.9. The summed E-state index contributed by atoms with van der Waals surface area (Å²) >= 11 is 5.51. The third kappa shape index (κ3) is 4.24. The van der Waals surface area contributed by atoms with Crippen LogP contribution in [0.4, 0.5) is 0 Å². The minimum Gasteiger partial charge on any atom is -0.307 e. The molecule has 1 fully saturated rings. The highest BCUT2D eigenvalue weighted by molar-refractivity contribution is 7.91. The largest absolute Gasteiger partial charge is 0.307 e. The standard InChI is InChI=1S/C18H26N4O2S2/c1-4-14-5-7-15(8-6-14)11-20(2)13-22-18(25)21(3)17(19-22)16-9-10-26(23,24)12-16/h5-8,16H,4,9-13H2,1-3H3/t16-/m1/s1. The highest BCUT2D eigenvalue weighted by Crippen LogP contribution is 2.27. The van der Waals surface area contributed by atoms with Gasteiger partial charge in [0.1, 0.15) is 5.82 Å². The molecule has 8 heteroatoms. The van der Waals surface area contributed by atoms with E-state index in [2.05, 4.69) is 41.2 Å². The summed E-state index contributed by atoms with van der Waals surface area (Å²) < 4.78 is 27.8. The maximum atomic E-state index is 11.8. The van der Waals surface area contributed by atoms with Crippen molar-refractivity contribution in [3.63, 3.8) is 0 Å². The van der Waals surface area contributed by atoms with Gasteiger partial charge < -0.3 is 4.57 Å². The summed E-state index contributed by atoms with van der Waals surface area (Å²) in [5, 5.41) is 4.64. The maximum Gasteiger partial charge on any atom is 0.198 e. The van der Waals surface area contributed by atoms with Gasteiger partial charge in [0.15, 0.2) is 14.6 Å². The molecule has 2 aromatic rings. The molecular formula is C18H26N4O2S2. The van der Waals surface area contributed by atoms with Gasteiger partial charge in [0, 0.05) is 19.5 Å². The molecule has 2 heterocycles. The molecule has 6 nitrogen and oxygen atoms in total. The zero-order valence-corrected chi connectivity index (χ0v) is 17.2. The summed E-state index contributed by atoms with van der Waals surface area (Å²) in [7, 11) is 0.962. The molecule has 142 valence electrons. The van der Waals surface area contributed by atoms with Crippen molar-refractivity contribution in [1.82, 2.24) is 19.2 Å². The van der Waals surface area contributed by atoms with Gasteiger partial charge in [0.05, 0.1) is 18.2 Å². The Labute approximate surface area is 160 Å². The fraction of sp³-hybridized carbons (Fsp3) is 0.556. The molecule has 0 spiro atoms. The third-order valence-electron chi connectivity index (χ3n) is 4.93. The molecule has 0 saturated carbocycles. The summed E-state index contributed by atoms with van der Waals surface area (Å²) in [5.41, 5.74) is 2.58. The lowest BCUT2D eigenvalue weighted by atomic mass is 10.1. The smallest absolute Gasteiger partial charge is 0.198 e. The van der Waals surface area contributed by atoms with Crippen LogP contribution in [0.5, 0.6) is 0 Å². The summed E-state index contributed by atoms with van der Waals surface area (Å²) in [4.78, 5) is 2.15. The highest BCUT2D eigenvalue weighted by Gasteiger charge is 2.32. The van der Waals surface area contributed by atoms with Crippen molar-refractivity contribution < 1.29 is 8.42 Å². The molecule has 0 N–H and O–H groups in total. The van der Waals surface area contributed by atoms with Crippen LogP contribution >= 0.6 is 12.2 Å². The molecule has 1 aromatic heterocycles. The Morgan fingerprint density at radius 2 is 1.92 bits per heavy atom. The van der Waals surface area contributed by atoms with E-state index in [1.807, 2.05) is 18.7 Å². The Hall–Kier alpha value is -1.51. The average Bonchev–Trinajstić information content (AvgIpc) is 3.09. The Balaban J connectivity index is 1.71. The average molecular weight is 395 g/mol. The topological polar surface area (TPSA) is 60.1 Å². The van der Waals surface area contributed by atoms with Crippen LogP contribution in [-0.2, 0) is 36.5 Å². The number of aromatic nitrogens is 3. The van der Waals surface area contributed by atoms with E-state index in [0.717, 1.165) is 18.8 Å². The van der Waals surface area contributed by atoms with E-state index in [-0.39, 0.29) is 17.4 Å². The van der Waals surface area contributed by atoms with Gasteiger partial charge in [-0.3, -0.25) is 4.90 Å². The predicted octanol–water partition coefficient (Wildman–Crippen LogP) is 2.51. The molecule has 26 heavy (non-hydrogen) atoms. The number of sulfone groups is 1. The van der Waals surface area contributed by atoms with Gasteiger partial charge in [-0.05, 0) is 43.2 Å². The molecule has 0 aliphatic carbocycles. The third-order valence-corrected chi connectivity index (χ3v) is 7.18. The monoisotopic (exact) mass is 394 g/mol. The molecule has 1 atom stereocenters. The van der Waals surface area contributed by atoms with Gasteiger partial charge in [0.2, 0.25) is 0 Å². The van der Waals surface area contributed by atoms with Gasteiger partial charge in [-0.1, -0.05) is 31.2 Å². The first-order chi connectivity index (χ1) is 12.3. The molecule has 3 rings (SSSR count). The van der Waals surface area contributed by atoms with Gasteiger partial charge in [-0.15, -0.1) is 0 Å². The Morgan fingerprint density at radius 3 is 2.50 bits per heavy atom. The number of hydrogen-bond donors (Lipinski definition) is 0. The van der Waals surface area contributed by atoms with Gasteiger partial charge in [-0.2, -0.15) is 5.10 Å². The summed E-state index contributed by atoms with van der Waals surface area (Å²) in [6.07, 6.45) is 1.67. The summed E-state index contributed by atoms with van der Waals surface area (Å²) in [6.45, 7) is 3.52. The van der Waals surface area contributed by atoms with Crippen molar-refractivity contribution in [1.29, 1.82) is 0 Å². The molecule has 1 saturated heterocycles. The molecular weight excluding hydrogens is 368 g/mol. The van der Waals surface area contributed by atoms with Crippen LogP contribution in [0.2, 0.25) is 0 Å². The second-order valence-electron chi connectivity index (χ2n) is 7.12. The molecule has 0 radical (unpaired) electrons. The van der Waals surface area contributed by atoms with Gasteiger partial charge >= 0.3 is 0 Å². The number of nitrogens with zero attached hydrogens (tertiary/aromatic N) is 4. The first-order valence-electron chi connectivity index (χ1n) is 8.89. The van der Waals surface area contributed by atoms with Crippen molar-refractivity contribution in [2.24, 2.45) is 7.05 Å². The van der Waals surface area contributed by atoms with Crippen LogP contribution in [0.15, 0.2) is 24.3 Å². The van der Waals surface area contributed by atoms with Crippen molar-refractivity contribution >= 4 is 22.1 Å². The highest BCUT2D eigenvalue weighted by atomic mass is 32.2. The first kappa shape index (κ1) is 19.3. The Bertz CT molecular complexity index is 929. The minimum absolute atomic E-state index is 0.0557. The number of hydrogen-bond acceptors (Lipinski definition) is 5. The van der Waals surface area contributed by atoms with Gasteiger partial charge in [-0.25, -0.2) is 13.1 Å². The van der Waals surface area contributed by atoms with Crippen molar-refractivity contribution in [3.8, 4) is 0 Å². The van der Waals surface area contributed by atoms with Crippen molar-refractivity contribution in [3.05, 3.63) is 46.0 Å². The second kappa shape index (κ2) is 7.62. The van der Waals surface area contributed by atoms with Crippen LogP contribution in [0.1, 0.15) is 36.2 Å². The SMILES string of the molecule is CCc1ccc(CN(C)Cn2nc([C@@H]3CCS(=O)(=O)C3)n(C)c2=S)cc1. The molecule has 1 aromatic carbocycles. The van der Waals surface area contributed by atoms with Crippen LogP contribution < -0.4 is 0 Å². The Morgan fingerprint density at radius 1 is 1.27 bits per heavy atom. The van der Waals surface area contributed by atoms with E-state index in [4.69, 9.17) is 12.2 Å². The van der Waals surface area contributed by atoms with Gasteiger partial charge in [0.25, 0.3) is 0 Å². The molecule has 0 unspecified atom stereocenters. The number of aryl methyl sites for hydroxylation is 1. The van der Waals surface area contributed by atoms with Crippen molar-refractivity contribution in [2.45, 2.75) is 38.9 Å². The van der Waals surface area contributed by atoms with Crippen LogP contribution in [0.3, 0.4) is 0 Å². The maximum absolute atomic E-state index is 11.8. The predicted molar refractivity (Wildman–Crippen MR) is 105 cm³/mol. The normalized spacial score (nSPS) is 19.3. The Kier molecular flexibility index (Phi) is 5.64. The van der Waals surface area contributed by atoms with E-state index in [1.54, 1.807) is 4.68 Å². The lowest BCUT2D eigenvalue weighted by molar-refractivity contribution is 0.243. The van der Waals surface area contributed by atoms with Crippen molar-refractivity contribution in [2.75, 3.05) is 18.6 Å². The van der Waals surface area contributed by atoms with E-state index in [0.29, 0.717) is 17.9 Å². The van der Waals surface area contributed by atoms with E-state index in [1.165, 1.54) is 11.1 Å². The molecule has 1 aliphatic rings. The fourth-order valence-corrected chi connectivity index (χ4v) is 5.35. The fourth-order valence-electron chi connectivity index (χ4n) is 3.42. The second-order valence-corrected chi connectivity index (χ2v) is 9.72. The summed E-state index contributed by atoms with van der Waals surface area (Å²) in [6, 6.07) is 8.63. The molecule has 1 aliphatic heterocycles. The minimum atomic E-state index is -2.94. The van der Waals surface area contributed by atoms with Crippen LogP contribution in [0, 0.1) is 4.77 Å². The lowest BCUT2D eigenvalue weighted by Gasteiger charge is -2.16. The molecule has 0 bridgehead atoms. The first-order valence-corrected chi connectivity index (χ1v) is 11.1. The van der Waals surface area contributed by atoms with Crippen LogP contribution in [0.25, 0.3) is 0 Å². The summed E-state index contributed by atoms with van der Waals surface area (Å²) in [5.74, 6) is 1.13. The molecule has 0 amide bonds. The quantitative estimate of drug-likeness (QED) is 0.705. The number of benzene rings is 1.